The Kier molecular flexibility index (Phi) is 5.11. The van der Waals surface area contributed by atoms with Crippen molar-refractivity contribution in [3.8, 4) is 0 Å². The number of hydrogen-bond acceptors (Lipinski definition) is 4. The molecule has 1 aliphatic rings. The van der Waals surface area contributed by atoms with Crippen molar-refractivity contribution in [3.63, 3.8) is 0 Å². The number of amides is 1. The fourth-order valence-electron chi connectivity index (χ4n) is 2.95. The lowest BCUT2D eigenvalue weighted by atomic mass is 10.0. The van der Waals surface area contributed by atoms with Gasteiger partial charge in [-0.15, -0.1) is 11.3 Å². The van der Waals surface area contributed by atoms with E-state index in [2.05, 4.69) is 12.0 Å². The van der Waals surface area contributed by atoms with Crippen LogP contribution in [0.15, 0.2) is 52.9 Å². The van der Waals surface area contributed by atoms with Gasteiger partial charge in [0.15, 0.2) is 0 Å². The molecule has 0 radical (unpaired) electrons. The Balaban J connectivity index is 1.90. The summed E-state index contributed by atoms with van der Waals surface area (Å²) < 4.78 is 0. The van der Waals surface area contributed by atoms with E-state index in [-0.39, 0.29) is 5.91 Å². The second-order valence-electron chi connectivity index (χ2n) is 6.08. The number of thiophene rings is 1. The predicted octanol–water partition coefficient (Wildman–Crippen LogP) is 4.38. The van der Waals surface area contributed by atoms with E-state index in [0.717, 1.165) is 36.3 Å². The average molecular weight is 342 g/mol. The van der Waals surface area contributed by atoms with Gasteiger partial charge in [-0.05, 0) is 36.4 Å². The molecule has 0 fully saturated rings. The highest BCUT2D eigenvalue weighted by Crippen LogP contribution is 2.39. The molecule has 5 heteroatoms. The van der Waals surface area contributed by atoms with Gasteiger partial charge in [-0.25, -0.2) is 0 Å². The summed E-state index contributed by atoms with van der Waals surface area (Å²) in [5.74, 6) is -0.267. The molecule has 126 valence electrons. The summed E-state index contributed by atoms with van der Waals surface area (Å²) in [6, 6.07) is 12.8. The third-order valence-corrected chi connectivity index (χ3v) is 5.25. The van der Waals surface area contributed by atoms with E-state index in [1.165, 1.54) is 16.3 Å². The van der Waals surface area contributed by atoms with E-state index in [9.17, 15) is 9.90 Å². The first-order valence-electron chi connectivity index (χ1n) is 8.37. The number of carbonyl (C=O) groups excluding carboxylic acids is 1. The predicted molar refractivity (Wildman–Crippen MR) is 97.0 cm³/mol. The fourth-order valence-corrected chi connectivity index (χ4v) is 3.76. The van der Waals surface area contributed by atoms with Crippen molar-refractivity contribution in [1.29, 1.82) is 0 Å². The Hall–Kier alpha value is -1.98. The fraction of sp³-hybridized carbons (Fsp3) is 0.368. The van der Waals surface area contributed by atoms with Crippen LogP contribution < -0.4 is 0 Å². The Labute approximate surface area is 146 Å². The zero-order chi connectivity index (χ0) is 17.0. The van der Waals surface area contributed by atoms with Crippen LogP contribution in [0.5, 0.6) is 0 Å². The van der Waals surface area contributed by atoms with Gasteiger partial charge in [0, 0.05) is 17.7 Å². The average Bonchev–Trinajstić information content (AvgIpc) is 3.24. The lowest BCUT2D eigenvalue weighted by molar-refractivity contribution is -0.0737. The van der Waals surface area contributed by atoms with Gasteiger partial charge in [0.1, 0.15) is 0 Å². The molecular weight excluding hydrogens is 320 g/mol. The zero-order valence-corrected chi connectivity index (χ0v) is 14.6. The van der Waals surface area contributed by atoms with Crippen molar-refractivity contribution in [2.75, 3.05) is 0 Å². The number of unbranched alkanes of at least 4 members (excludes halogenated alkanes) is 2. The molecule has 0 saturated carbocycles. The molecule has 1 amide bonds. The Morgan fingerprint density at radius 2 is 2.04 bits per heavy atom. The van der Waals surface area contributed by atoms with Crippen LogP contribution in [-0.4, -0.2) is 21.7 Å². The van der Waals surface area contributed by atoms with Crippen molar-refractivity contribution in [3.05, 3.63) is 58.3 Å². The number of hydrazone groups is 1. The number of rotatable bonds is 6. The summed E-state index contributed by atoms with van der Waals surface area (Å²) in [5.41, 5.74) is 0.0532. The van der Waals surface area contributed by atoms with Crippen LogP contribution in [0.25, 0.3) is 0 Å². The number of nitrogens with zero attached hydrogens (tertiary/aromatic N) is 2. The molecule has 4 nitrogen and oxygen atoms in total. The van der Waals surface area contributed by atoms with E-state index in [1.54, 1.807) is 12.1 Å². The molecule has 3 rings (SSSR count). The van der Waals surface area contributed by atoms with E-state index in [1.807, 2.05) is 35.7 Å². The lowest BCUT2D eigenvalue weighted by Crippen LogP contribution is -2.42. The molecule has 2 heterocycles. The zero-order valence-electron chi connectivity index (χ0n) is 13.8. The molecule has 0 saturated heterocycles. The topological polar surface area (TPSA) is 52.9 Å². The Bertz CT molecular complexity index is 712. The SMILES string of the molecule is CCCCCC1=NN(C(=O)c2ccccc2)C(O)(c2cccs2)C1. The number of aliphatic hydroxyl groups is 1. The summed E-state index contributed by atoms with van der Waals surface area (Å²) in [6.45, 7) is 2.16. The molecule has 24 heavy (non-hydrogen) atoms. The Morgan fingerprint density at radius 3 is 2.71 bits per heavy atom. The van der Waals surface area contributed by atoms with Crippen LogP contribution >= 0.6 is 11.3 Å². The molecule has 1 unspecified atom stereocenters. The van der Waals surface area contributed by atoms with E-state index in [0.29, 0.717) is 12.0 Å². The van der Waals surface area contributed by atoms with Crippen molar-refractivity contribution in [2.24, 2.45) is 5.10 Å². The van der Waals surface area contributed by atoms with Gasteiger partial charge in [0.05, 0.1) is 4.88 Å². The first kappa shape index (κ1) is 16.9. The lowest BCUT2D eigenvalue weighted by Gasteiger charge is -2.30. The van der Waals surface area contributed by atoms with Crippen LogP contribution in [0.4, 0.5) is 0 Å². The normalized spacial score (nSPS) is 20.2. The van der Waals surface area contributed by atoms with Gasteiger partial charge < -0.3 is 5.11 Å². The second-order valence-corrected chi connectivity index (χ2v) is 7.02. The second kappa shape index (κ2) is 7.28. The quantitative estimate of drug-likeness (QED) is 0.792. The minimum atomic E-state index is -1.37. The Morgan fingerprint density at radius 1 is 1.25 bits per heavy atom. The molecule has 0 bridgehead atoms. The highest BCUT2D eigenvalue weighted by Gasteiger charge is 2.46. The highest BCUT2D eigenvalue weighted by molar-refractivity contribution is 7.10. The maximum atomic E-state index is 12.9. The van der Waals surface area contributed by atoms with Crippen LogP contribution in [0.3, 0.4) is 0 Å². The molecule has 2 aromatic rings. The monoisotopic (exact) mass is 342 g/mol. The summed E-state index contributed by atoms with van der Waals surface area (Å²) in [4.78, 5) is 13.6. The maximum Gasteiger partial charge on any atom is 0.276 e. The van der Waals surface area contributed by atoms with E-state index in [4.69, 9.17) is 0 Å². The van der Waals surface area contributed by atoms with E-state index >= 15 is 0 Å². The van der Waals surface area contributed by atoms with Crippen molar-refractivity contribution in [1.82, 2.24) is 5.01 Å². The third kappa shape index (κ3) is 3.28. The maximum absolute atomic E-state index is 12.9. The summed E-state index contributed by atoms with van der Waals surface area (Å²) in [5, 5.41) is 19.0. The highest BCUT2D eigenvalue weighted by atomic mass is 32.1. The minimum Gasteiger partial charge on any atom is -0.364 e. The molecule has 0 spiro atoms. The minimum absolute atomic E-state index is 0.267. The van der Waals surface area contributed by atoms with Gasteiger partial charge >= 0.3 is 0 Å². The van der Waals surface area contributed by atoms with Crippen LogP contribution in [0.2, 0.25) is 0 Å². The molecule has 1 N–H and O–H groups in total. The molecule has 0 aliphatic carbocycles. The summed E-state index contributed by atoms with van der Waals surface area (Å²) in [6.07, 6.45) is 4.50. The van der Waals surface area contributed by atoms with Gasteiger partial charge in [0.25, 0.3) is 5.91 Å². The van der Waals surface area contributed by atoms with E-state index < -0.39 is 5.72 Å². The van der Waals surface area contributed by atoms with Gasteiger partial charge in [-0.2, -0.15) is 10.1 Å². The summed E-state index contributed by atoms with van der Waals surface area (Å²) in [7, 11) is 0. The first-order valence-corrected chi connectivity index (χ1v) is 9.25. The number of benzene rings is 1. The summed E-state index contributed by atoms with van der Waals surface area (Å²) >= 11 is 1.45. The molecule has 1 aromatic heterocycles. The van der Waals surface area contributed by atoms with Crippen LogP contribution in [0.1, 0.15) is 54.3 Å². The van der Waals surface area contributed by atoms with Crippen molar-refractivity contribution < 1.29 is 9.90 Å². The third-order valence-electron chi connectivity index (χ3n) is 4.24. The smallest absolute Gasteiger partial charge is 0.276 e. The largest absolute Gasteiger partial charge is 0.364 e. The van der Waals surface area contributed by atoms with Crippen molar-refractivity contribution >= 4 is 23.0 Å². The first-order chi connectivity index (χ1) is 11.6. The van der Waals surface area contributed by atoms with Gasteiger partial charge in [-0.3, -0.25) is 4.79 Å². The molecule has 1 aliphatic heterocycles. The molecule has 1 aromatic carbocycles. The van der Waals surface area contributed by atoms with Gasteiger partial charge in [-0.1, -0.05) is 44.0 Å². The van der Waals surface area contributed by atoms with Crippen LogP contribution in [-0.2, 0) is 5.72 Å². The number of hydrogen-bond donors (Lipinski definition) is 1. The standard InChI is InChI=1S/C19H22N2O2S/c1-2-3-5-11-16-14-19(23,17-12-8-13-24-17)21(20-16)18(22)15-9-6-4-7-10-15/h4,6-10,12-13,23H,2-3,5,11,14H2,1H3. The van der Waals surface area contributed by atoms with Gasteiger partial charge in [0.2, 0.25) is 5.72 Å². The van der Waals surface area contributed by atoms with Crippen molar-refractivity contribution in [2.45, 2.75) is 44.8 Å². The van der Waals surface area contributed by atoms with Crippen LogP contribution in [0, 0.1) is 0 Å². The molecular formula is C19H22N2O2S. The number of carbonyl (C=O) groups is 1. The molecule has 1 atom stereocenters.